The molecule has 1 aromatic rings. The van der Waals surface area contributed by atoms with Gasteiger partial charge in [0.1, 0.15) is 5.69 Å². The van der Waals surface area contributed by atoms with E-state index < -0.39 is 0 Å². The van der Waals surface area contributed by atoms with Crippen LogP contribution >= 0.6 is 15.9 Å². The standard InChI is InChI=1S/C10H13BrN2O/c1-7(2)6-13(3)10(14)9-4-8(11)5-12-9/h4-5,12H,1,6H2,2-3H3. The zero-order chi connectivity index (χ0) is 10.7. The fourth-order valence-corrected chi connectivity index (χ4v) is 1.52. The first-order chi connectivity index (χ1) is 6.50. The van der Waals surface area contributed by atoms with Gasteiger partial charge in [0.25, 0.3) is 5.91 Å². The van der Waals surface area contributed by atoms with E-state index in [-0.39, 0.29) is 5.91 Å². The van der Waals surface area contributed by atoms with E-state index in [1.54, 1.807) is 24.2 Å². The van der Waals surface area contributed by atoms with E-state index in [1.807, 2.05) is 6.92 Å². The molecule has 0 bridgehead atoms. The minimum absolute atomic E-state index is 0.0290. The molecule has 0 aromatic carbocycles. The van der Waals surface area contributed by atoms with Crippen LogP contribution in [-0.4, -0.2) is 29.4 Å². The summed E-state index contributed by atoms with van der Waals surface area (Å²) in [5, 5.41) is 0. The molecular formula is C10H13BrN2O. The molecule has 0 saturated carbocycles. The number of hydrogen-bond donors (Lipinski definition) is 1. The molecule has 0 unspecified atom stereocenters. The number of carbonyl (C=O) groups is 1. The van der Waals surface area contributed by atoms with Crippen LogP contribution in [0.5, 0.6) is 0 Å². The molecule has 1 aromatic heterocycles. The Kier molecular flexibility index (Phi) is 3.52. The normalized spacial score (nSPS) is 9.93. The third kappa shape index (κ3) is 2.73. The van der Waals surface area contributed by atoms with Gasteiger partial charge in [0.15, 0.2) is 0 Å². The average Bonchev–Trinajstić information content (AvgIpc) is 2.49. The van der Waals surface area contributed by atoms with Crippen LogP contribution in [0.3, 0.4) is 0 Å². The van der Waals surface area contributed by atoms with Gasteiger partial charge in [-0.05, 0) is 28.9 Å². The maximum Gasteiger partial charge on any atom is 0.270 e. The predicted molar refractivity (Wildman–Crippen MR) is 60.3 cm³/mol. The minimum Gasteiger partial charge on any atom is -0.356 e. The Morgan fingerprint density at radius 3 is 2.79 bits per heavy atom. The highest BCUT2D eigenvalue weighted by molar-refractivity contribution is 9.10. The van der Waals surface area contributed by atoms with E-state index in [1.165, 1.54) is 0 Å². The summed E-state index contributed by atoms with van der Waals surface area (Å²) in [7, 11) is 1.76. The molecule has 14 heavy (non-hydrogen) atoms. The number of aromatic amines is 1. The molecule has 0 spiro atoms. The Morgan fingerprint density at radius 1 is 1.71 bits per heavy atom. The molecule has 0 radical (unpaired) electrons. The summed E-state index contributed by atoms with van der Waals surface area (Å²) in [4.78, 5) is 16.2. The number of likely N-dealkylation sites (N-methyl/N-ethyl adjacent to an activating group) is 1. The van der Waals surface area contributed by atoms with E-state index in [9.17, 15) is 4.79 Å². The quantitative estimate of drug-likeness (QED) is 0.829. The van der Waals surface area contributed by atoms with Crippen molar-refractivity contribution in [2.45, 2.75) is 6.92 Å². The van der Waals surface area contributed by atoms with Gasteiger partial charge in [0.2, 0.25) is 0 Å². The van der Waals surface area contributed by atoms with E-state index >= 15 is 0 Å². The van der Waals surface area contributed by atoms with Gasteiger partial charge in [0, 0.05) is 24.3 Å². The van der Waals surface area contributed by atoms with Crippen molar-refractivity contribution in [3.05, 3.63) is 34.6 Å². The van der Waals surface area contributed by atoms with Gasteiger partial charge in [-0.15, -0.1) is 0 Å². The first-order valence-electron chi connectivity index (χ1n) is 4.24. The summed E-state index contributed by atoms with van der Waals surface area (Å²) in [6.45, 7) is 6.24. The molecule has 4 heteroatoms. The van der Waals surface area contributed by atoms with E-state index in [0.717, 1.165) is 10.0 Å². The zero-order valence-electron chi connectivity index (χ0n) is 8.30. The molecule has 3 nitrogen and oxygen atoms in total. The molecule has 0 aliphatic carbocycles. The summed E-state index contributed by atoms with van der Waals surface area (Å²) in [5.41, 5.74) is 1.55. The van der Waals surface area contributed by atoms with Gasteiger partial charge in [-0.2, -0.15) is 0 Å². The fourth-order valence-electron chi connectivity index (χ4n) is 1.17. The molecule has 1 heterocycles. The molecule has 0 aliphatic heterocycles. The summed E-state index contributed by atoms with van der Waals surface area (Å²) >= 11 is 3.28. The van der Waals surface area contributed by atoms with Crippen LogP contribution in [0.1, 0.15) is 17.4 Å². The van der Waals surface area contributed by atoms with Gasteiger partial charge >= 0.3 is 0 Å². The Hall–Kier alpha value is -1.03. The lowest BCUT2D eigenvalue weighted by atomic mass is 10.3. The number of aromatic nitrogens is 1. The topological polar surface area (TPSA) is 36.1 Å². The molecule has 1 N–H and O–H groups in total. The smallest absolute Gasteiger partial charge is 0.270 e. The highest BCUT2D eigenvalue weighted by Gasteiger charge is 2.12. The van der Waals surface area contributed by atoms with Crippen molar-refractivity contribution in [3.63, 3.8) is 0 Å². The van der Waals surface area contributed by atoms with Gasteiger partial charge < -0.3 is 9.88 Å². The summed E-state index contributed by atoms with van der Waals surface area (Å²) in [6, 6.07) is 1.76. The lowest BCUT2D eigenvalue weighted by Crippen LogP contribution is -2.28. The molecule has 0 atom stereocenters. The van der Waals surface area contributed by atoms with Gasteiger partial charge in [0.05, 0.1) is 0 Å². The van der Waals surface area contributed by atoms with Gasteiger partial charge in [-0.25, -0.2) is 0 Å². The molecular weight excluding hydrogens is 244 g/mol. The van der Waals surface area contributed by atoms with Crippen LogP contribution < -0.4 is 0 Å². The number of nitrogens with zero attached hydrogens (tertiary/aromatic N) is 1. The van der Waals surface area contributed by atoms with Crippen molar-refractivity contribution in [1.29, 1.82) is 0 Å². The molecule has 0 fully saturated rings. The van der Waals surface area contributed by atoms with E-state index in [0.29, 0.717) is 12.2 Å². The number of H-pyrrole nitrogens is 1. The first kappa shape index (κ1) is 11.0. The van der Waals surface area contributed by atoms with Crippen molar-refractivity contribution in [1.82, 2.24) is 9.88 Å². The van der Waals surface area contributed by atoms with Crippen LogP contribution in [0.15, 0.2) is 28.9 Å². The predicted octanol–water partition coefficient (Wildman–Crippen LogP) is 2.43. The largest absolute Gasteiger partial charge is 0.356 e. The second kappa shape index (κ2) is 4.46. The molecule has 0 saturated heterocycles. The summed E-state index contributed by atoms with van der Waals surface area (Å²) in [5.74, 6) is -0.0290. The van der Waals surface area contributed by atoms with E-state index in [4.69, 9.17) is 0 Å². The Labute approximate surface area is 91.9 Å². The highest BCUT2D eigenvalue weighted by atomic mass is 79.9. The number of carbonyl (C=O) groups excluding carboxylic acids is 1. The third-order valence-electron chi connectivity index (χ3n) is 1.73. The Bertz CT molecular complexity index is 357. The Morgan fingerprint density at radius 2 is 2.36 bits per heavy atom. The second-order valence-corrected chi connectivity index (χ2v) is 4.27. The lowest BCUT2D eigenvalue weighted by molar-refractivity contribution is 0.0802. The van der Waals surface area contributed by atoms with Gasteiger partial charge in [-0.3, -0.25) is 4.79 Å². The fraction of sp³-hybridized carbons (Fsp3) is 0.300. The molecule has 1 rings (SSSR count). The first-order valence-corrected chi connectivity index (χ1v) is 5.03. The van der Waals surface area contributed by atoms with Crippen molar-refractivity contribution in [2.75, 3.05) is 13.6 Å². The van der Waals surface area contributed by atoms with Crippen LogP contribution in [0.4, 0.5) is 0 Å². The van der Waals surface area contributed by atoms with Crippen molar-refractivity contribution < 1.29 is 4.79 Å². The van der Waals surface area contributed by atoms with Crippen molar-refractivity contribution >= 4 is 21.8 Å². The van der Waals surface area contributed by atoms with Crippen LogP contribution in [-0.2, 0) is 0 Å². The van der Waals surface area contributed by atoms with Crippen LogP contribution in [0.25, 0.3) is 0 Å². The van der Waals surface area contributed by atoms with E-state index in [2.05, 4.69) is 27.5 Å². The monoisotopic (exact) mass is 256 g/mol. The lowest BCUT2D eigenvalue weighted by Gasteiger charge is -2.15. The minimum atomic E-state index is -0.0290. The van der Waals surface area contributed by atoms with Crippen LogP contribution in [0.2, 0.25) is 0 Å². The molecule has 1 amide bonds. The maximum absolute atomic E-state index is 11.7. The molecule has 76 valence electrons. The SMILES string of the molecule is C=C(C)CN(C)C(=O)c1cc(Br)c[nH]1. The average molecular weight is 257 g/mol. The van der Waals surface area contributed by atoms with Crippen molar-refractivity contribution in [2.24, 2.45) is 0 Å². The zero-order valence-corrected chi connectivity index (χ0v) is 9.89. The second-order valence-electron chi connectivity index (χ2n) is 3.35. The number of rotatable bonds is 3. The number of halogens is 1. The van der Waals surface area contributed by atoms with Gasteiger partial charge in [-0.1, -0.05) is 12.2 Å². The third-order valence-corrected chi connectivity index (χ3v) is 2.19. The number of nitrogens with one attached hydrogen (secondary N) is 1. The highest BCUT2D eigenvalue weighted by Crippen LogP contribution is 2.12. The summed E-state index contributed by atoms with van der Waals surface area (Å²) < 4.78 is 0.879. The number of hydrogen-bond acceptors (Lipinski definition) is 1. The van der Waals surface area contributed by atoms with Crippen LogP contribution in [0, 0.1) is 0 Å². The maximum atomic E-state index is 11.7. The Balaban J connectivity index is 2.70. The summed E-state index contributed by atoms with van der Waals surface area (Å²) in [6.07, 6.45) is 1.74. The van der Waals surface area contributed by atoms with Crippen molar-refractivity contribution in [3.8, 4) is 0 Å². The molecule has 0 aliphatic rings. The number of amides is 1.